The van der Waals surface area contributed by atoms with E-state index in [0.29, 0.717) is 19.6 Å². The van der Waals surface area contributed by atoms with Crippen molar-refractivity contribution < 1.29 is 9.59 Å². The molecule has 5 nitrogen and oxygen atoms in total. The SMILES string of the molecule is CCCC(CN)C(=O)NCCNC(=O)C(C)C. The lowest BCUT2D eigenvalue weighted by Gasteiger charge is -2.14. The number of carbonyl (C=O) groups excluding carboxylic acids is 2. The van der Waals surface area contributed by atoms with Gasteiger partial charge in [0.2, 0.25) is 11.8 Å². The molecule has 0 bridgehead atoms. The van der Waals surface area contributed by atoms with E-state index in [0.717, 1.165) is 12.8 Å². The Balaban J connectivity index is 3.73. The Morgan fingerprint density at radius 2 is 1.65 bits per heavy atom. The highest BCUT2D eigenvalue weighted by Crippen LogP contribution is 2.03. The predicted octanol–water partition coefficient (Wildman–Crippen LogP) is 0.250. The summed E-state index contributed by atoms with van der Waals surface area (Å²) in [6.07, 6.45) is 1.75. The molecule has 0 aromatic carbocycles. The monoisotopic (exact) mass is 243 g/mol. The second-order valence-electron chi connectivity index (χ2n) is 4.46. The number of hydrogen-bond acceptors (Lipinski definition) is 3. The topological polar surface area (TPSA) is 84.2 Å². The van der Waals surface area contributed by atoms with Crippen LogP contribution < -0.4 is 16.4 Å². The summed E-state index contributed by atoms with van der Waals surface area (Å²) < 4.78 is 0. The van der Waals surface area contributed by atoms with Crippen molar-refractivity contribution in [3.05, 3.63) is 0 Å². The third kappa shape index (κ3) is 6.94. The normalized spacial score (nSPS) is 12.3. The molecule has 0 rings (SSSR count). The van der Waals surface area contributed by atoms with Crippen LogP contribution in [-0.4, -0.2) is 31.4 Å². The molecule has 0 aliphatic carbocycles. The zero-order valence-electron chi connectivity index (χ0n) is 11.1. The van der Waals surface area contributed by atoms with Crippen LogP contribution in [0.15, 0.2) is 0 Å². The van der Waals surface area contributed by atoms with Crippen molar-refractivity contribution in [1.82, 2.24) is 10.6 Å². The summed E-state index contributed by atoms with van der Waals surface area (Å²) in [4.78, 5) is 22.9. The smallest absolute Gasteiger partial charge is 0.224 e. The number of amides is 2. The highest BCUT2D eigenvalue weighted by molar-refractivity contribution is 5.79. The third-order valence-corrected chi connectivity index (χ3v) is 2.54. The minimum atomic E-state index is -0.110. The highest BCUT2D eigenvalue weighted by atomic mass is 16.2. The minimum absolute atomic E-state index is 0.00295. The average molecular weight is 243 g/mol. The summed E-state index contributed by atoms with van der Waals surface area (Å²) in [5.41, 5.74) is 5.52. The fourth-order valence-corrected chi connectivity index (χ4v) is 1.42. The molecule has 0 fully saturated rings. The molecule has 0 aromatic heterocycles. The van der Waals surface area contributed by atoms with E-state index in [2.05, 4.69) is 10.6 Å². The van der Waals surface area contributed by atoms with E-state index in [9.17, 15) is 9.59 Å². The Hall–Kier alpha value is -1.10. The maximum atomic E-state index is 11.6. The summed E-state index contributed by atoms with van der Waals surface area (Å²) in [5.74, 6) is -0.153. The van der Waals surface area contributed by atoms with Crippen molar-refractivity contribution in [2.45, 2.75) is 33.6 Å². The molecule has 5 heteroatoms. The van der Waals surface area contributed by atoms with Gasteiger partial charge in [-0.2, -0.15) is 0 Å². The predicted molar refractivity (Wildman–Crippen MR) is 68.3 cm³/mol. The first-order chi connectivity index (χ1) is 8.02. The van der Waals surface area contributed by atoms with Gasteiger partial charge in [0.25, 0.3) is 0 Å². The van der Waals surface area contributed by atoms with E-state index in [-0.39, 0.29) is 23.7 Å². The maximum absolute atomic E-state index is 11.6. The molecule has 100 valence electrons. The molecule has 1 unspecified atom stereocenters. The first kappa shape index (κ1) is 15.9. The second-order valence-corrected chi connectivity index (χ2v) is 4.46. The van der Waals surface area contributed by atoms with Crippen molar-refractivity contribution in [3.8, 4) is 0 Å². The van der Waals surface area contributed by atoms with Gasteiger partial charge in [-0.15, -0.1) is 0 Å². The van der Waals surface area contributed by atoms with Gasteiger partial charge in [-0.25, -0.2) is 0 Å². The molecule has 0 aliphatic rings. The maximum Gasteiger partial charge on any atom is 0.224 e. The second kappa shape index (κ2) is 8.98. The number of hydrogen-bond donors (Lipinski definition) is 3. The van der Waals surface area contributed by atoms with E-state index in [1.165, 1.54) is 0 Å². The van der Waals surface area contributed by atoms with E-state index in [4.69, 9.17) is 5.73 Å². The number of nitrogens with one attached hydrogen (secondary N) is 2. The van der Waals surface area contributed by atoms with Crippen molar-refractivity contribution in [2.24, 2.45) is 17.6 Å². The fraction of sp³-hybridized carbons (Fsp3) is 0.833. The van der Waals surface area contributed by atoms with Gasteiger partial charge in [0.1, 0.15) is 0 Å². The van der Waals surface area contributed by atoms with Crippen LogP contribution in [0.2, 0.25) is 0 Å². The van der Waals surface area contributed by atoms with Crippen LogP contribution in [0.25, 0.3) is 0 Å². The van der Waals surface area contributed by atoms with Crippen molar-refractivity contribution in [3.63, 3.8) is 0 Å². The Labute approximate surface area is 104 Å². The van der Waals surface area contributed by atoms with Crippen LogP contribution in [0.5, 0.6) is 0 Å². The van der Waals surface area contributed by atoms with Gasteiger partial charge in [-0.1, -0.05) is 27.2 Å². The van der Waals surface area contributed by atoms with Gasteiger partial charge in [0, 0.05) is 25.6 Å². The van der Waals surface area contributed by atoms with Crippen molar-refractivity contribution in [1.29, 1.82) is 0 Å². The zero-order chi connectivity index (χ0) is 13.3. The summed E-state index contributed by atoms with van der Waals surface area (Å²) in [7, 11) is 0. The van der Waals surface area contributed by atoms with Gasteiger partial charge >= 0.3 is 0 Å². The number of rotatable bonds is 8. The molecular formula is C12H25N3O2. The Bertz CT molecular complexity index is 242. The number of carbonyl (C=O) groups is 2. The molecule has 0 spiro atoms. The molecule has 4 N–H and O–H groups in total. The quantitative estimate of drug-likeness (QED) is 0.534. The highest BCUT2D eigenvalue weighted by Gasteiger charge is 2.14. The van der Waals surface area contributed by atoms with Gasteiger partial charge in [-0.3, -0.25) is 9.59 Å². The fourth-order valence-electron chi connectivity index (χ4n) is 1.42. The van der Waals surface area contributed by atoms with Crippen molar-refractivity contribution in [2.75, 3.05) is 19.6 Å². The molecule has 0 heterocycles. The average Bonchev–Trinajstić information content (AvgIpc) is 2.30. The summed E-state index contributed by atoms with van der Waals surface area (Å²) in [5, 5.41) is 5.52. The Morgan fingerprint density at radius 3 is 2.06 bits per heavy atom. The minimum Gasteiger partial charge on any atom is -0.354 e. The Kier molecular flexibility index (Phi) is 8.40. The van der Waals surface area contributed by atoms with Gasteiger partial charge in [0.15, 0.2) is 0 Å². The standard InChI is InChI=1S/C12H25N3O2/c1-4-5-10(8-13)12(17)15-7-6-14-11(16)9(2)3/h9-10H,4-8,13H2,1-3H3,(H,14,16)(H,15,17). The third-order valence-electron chi connectivity index (χ3n) is 2.54. The lowest BCUT2D eigenvalue weighted by molar-refractivity contribution is -0.126. The summed E-state index contributed by atoms with van der Waals surface area (Å²) in [6.45, 7) is 6.99. The van der Waals surface area contributed by atoms with E-state index >= 15 is 0 Å². The molecule has 2 amide bonds. The van der Waals surface area contributed by atoms with Gasteiger partial charge < -0.3 is 16.4 Å². The van der Waals surface area contributed by atoms with E-state index in [1.807, 2.05) is 20.8 Å². The molecule has 17 heavy (non-hydrogen) atoms. The van der Waals surface area contributed by atoms with Gasteiger partial charge in [-0.05, 0) is 6.42 Å². The van der Waals surface area contributed by atoms with Crippen LogP contribution >= 0.6 is 0 Å². The molecule has 0 radical (unpaired) electrons. The molecule has 0 saturated carbocycles. The van der Waals surface area contributed by atoms with Crippen LogP contribution in [0, 0.1) is 11.8 Å². The van der Waals surface area contributed by atoms with E-state index < -0.39 is 0 Å². The molecule has 0 aromatic rings. The zero-order valence-corrected chi connectivity index (χ0v) is 11.1. The van der Waals surface area contributed by atoms with Crippen molar-refractivity contribution >= 4 is 11.8 Å². The van der Waals surface area contributed by atoms with E-state index in [1.54, 1.807) is 0 Å². The summed E-state index contributed by atoms with van der Waals surface area (Å²) in [6, 6.07) is 0. The van der Waals surface area contributed by atoms with Crippen LogP contribution in [-0.2, 0) is 9.59 Å². The molecule has 0 saturated heterocycles. The number of nitrogens with two attached hydrogens (primary N) is 1. The van der Waals surface area contributed by atoms with Crippen LogP contribution in [0.1, 0.15) is 33.6 Å². The lowest BCUT2D eigenvalue weighted by Crippen LogP contribution is -2.40. The van der Waals surface area contributed by atoms with Gasteiger partial charge in [0.05, 0.1) is 5.92 Å². The lowest BCUT2D eigenvalue weighted by atomic mass is 10.0. The molecule has 0 aliphatic heterocycles. The van der Waals surface area contributed by atoms with Crippen LogP contribution in [0.3, 0.4) is 0 Å². The molecule has 1 atom stereocenters. The largest absolute Gasteiger partial charge is 0.354 e. The van der Waals surface area contributed by atoms with Crippen LogP contribution in [0.4, 0.5) is 0 Å². The Morgan fingerprint density at radius 1 is 1.12 bits per heavy atom. The molecular weight excluding hydrogens is 218 g/mol. The first-order valence-corrected chi connectivity index (χ1v) is 6.28. The first-order valence-electron chi connectivity index (χ1n) is 6.28. The summed E-state index contributed by atoms with van der Waals surface area (Å²) >= 11 is 0.